The molecule has 1 N–H and O–H groups in total. The molecule has 0 saturated carbocycles. The van der Waals surface area contributed by atoms with Crippen LogP contribution >= 0.6 is 0 Å². The average Bonchev–Trinajstić information content (AvgIpc) is 2.70. The molecule has 1 fully saturated rings. The summed E-state index contributed by atoms with van der Waals surface area (Å²) in [6.45, 7) is 1.00. The van der Waals surface area contributed by atoms with Gasteiger partial charge < -0.3 is 10.1 Å². The van der Waals surface area contributed by atoms with Gasteiger partial charge in [-0.1, -0.05) is 12.1 Å². The molecule has 1 saturated heterocycles. The third kappa shape index (κ3) is 1.60. The standard InChI is InChI=1S/C11H14FNO/c1-14-11-8(4-2-5-9(11)12)10-6-3-7-13-10/h2,4-5,10,13H,3,6-7H2,1H3. The minimum Gasteiger partial charge on any atom is -0.493 e. The maximum Gasteiger partial charge on any atom is 0.165 e. The molecule has 1 aliphatic rings. The minimum atomic E-state index is -0.279. The predicted octanol–water partition coefficient (Wildman–Crippen LogP) is 2.26. The quantitative estimate of drug-likeness (QED) is 0.781. The zero-order chi connectivity index (χ0) is 9.97. The van der Waals surface area contributed by atoms with Crippen molar-refractivity contribution in [3.05, 3.63) is 29.6 Å². The normalized spacial score (nSPS) is 21.1. The summed E-state index contributed by atoms with van der Waals surface area (Å²) in [5.74, 6) is 0.102. The summed E-state index contributed by atoms with van der Waals surface area (Å²) in [5.41, 5.74) is 0.935. The lowest BCUT2D eigenvalue weighted by molar-refractivity contribution is 0.376. The van der Waals surface area contributed by atoms with E-state index in [0.29, 0.717) is 5.75 Å². The third-order valence-corrected chi connectivity index (χ3v) is 2.64. The van der Waals surface area contributed by atoms with Gasteiger partial charge in [-0.3, -0.25) is 0 Å². The van der Waals surface area contributed by atoms with Crippen molar-refractivity contribution >= 4 is 0 Å². The first-order valence-electron chi connectivity index (χ1n) is 4.88. The van der Waals surface area contributed by atoms with Crippen LogP contribution in [-0.4, -0.2) is 13.7 Å². The molecule has 1 atom stereocenters. The van der Waals surface area contributed by atoms with Crippen molar-refractivity contribution in [2.75, 3.05) is 13.7 Å². The predicted molar refractivity (Wildman–Crippen MR) is 52.9 cm³/mol. The Morgan fingerprint density at radius 3 is 3.00 bits per heavy atom. The lowest BCUT2D eigenvalue weighted by Crippen LogP contribution is -2.14. The minimum absolute atomic E-state index is 0.251. The first kappa shape index (κ1) is 9.46. The molecule has 0 aliphatic carbocycles. The Labute approximate surface area is 83.1 Å². The summed E-state index contributed by atoms with van der Waals surface area (Å²) in [5, 5.41) is 3.33. The van der Waals surface area contributed by atoms with E-state index in [0.717, 1.165) is 24.9 Å². The Bertz CT molecular complexity index is 321. The second-order valence-corrected chi connectivity index (χ2v) is 3.51. The third-order valence-electron chi connectivity index (χ3n) is 2.64. The van der Waals surface area contributed by atoms with Crippen LogP contribution in [-0.2, 0) is 0 Å². The highest BCUT2D eigenvalue weighted by Gasteiger charge is 2.21. The summed E-state index contributed by atoms with van der Waals surface area (Å²) in [7, 11) is 1.51. The van der Waals surface area contributed by atoms with E-state index in [1.54, 1.807) is 6.07 Å². The van der Waals surface area contributed by atoms with Crippen LogP contribution in [0, 0.1) is 5.82 Å². The van der Waals surface area contributed by atoms with Crippen LogP contribution in [0.15, 0.2) is 18.2 Å². The number of ether oxygens (including phenoxy) is 1. The van der Waals surface area contributed by atoms with Gasteiger partial charge in [0.15, 0.2) is 11.6 Å². The monoisotopic (exact) mass is 195 g/mol. The van der Waals surface area contributed by atoms with Crippen LogP contribution in [0.4, 0.5) is 4.39 Å². The second kappa shape index (κ2) is 3.96. The van der Waals surface area contributed by atoms with Crippen molar-refractivity contribution in [3.8, 4) is 5.75 Å². The number of para-hydroxylation sites is 1. The first-order valence-corrected chi connectivity index (χ1v) is 4.88. The molecular weight excluding hydrogens is 181 g/mol. The van der Waals surface area contributed by atoms with E-state index in [1.165, 1.54) is 13.2 Å². The fourth-order valence-electron chi connectivity index (χ4n) is 1.97. The van der Waals surface area contributed by atoms with Crippen LogP contribution in [0.25, 0.3) is 0 Å². The molecule has 1 heterocycles. The Morgan fingerprint density at radius 1 is 1.50 bits per heavy atom. The van der Waals surface area contributed by atoms with E-state index >= 15 is 0 Å². The van der Waals surface area contributed by atoms with Crippen molar-refractivity contribution in [1.29, 1.82) is 0 Å². The molecule has 1 aliphatic heterocycles. The van der Waals surface area contributed by atoms with Crippen molar-refractivity contribution in [2.24, 2.45) is 0 Å². The van der Waals surface area contributed by atoms with Gasteiger partial charge in [-0.2, -0.15) is 0 Å². The molecule has 0 spiro atoms. The number of rotatable bonds is 2. The zero-order valence-corrected chi connectivity index (χ0v) is 8.22. The largest absolute Gasteiger partial charge is 0.493 e. The molecule has 0 radical (unpaired) electrons. The highest BCUT2D eigenvalue weighted by atomic mass is 19.1. The number of methoxy groups -OCH3 is 1. The van der Waals surface area contributed by atoms with Gasteiger partial charge in [-0.25, -0.2) is 4.39 Å². The van der Waals surface area contributed by atoms with Gasteiger partial charge in [-0.15, -0.1) is 0 Å². The molecule has 0 amide bonds. The van der Waals surface area contributed by atoms with Crippen LogP contribution in [0.2, 0.25) is 0 Å². The highest BCUT2D eigenvalue weighted by Crippen LogP contribution is 2.32. The van der Waals surface area contributed by atoms with Crippen molar-refractivity contribution in [1.82, 2.24) is 5.32 Å². The van der Waals surface area contributed by atoms with Crippen LogP contribution in [0.5, 0.6) is 5.75 Å². The van der Waals surface area contributed by atoms with Gasteiger partial charge in [-0.05, 0) is 25.5 Å². The van der Waals surface area contributed by atoms with Crippen LogP contribution in [0.1, 0.15) is 24.4 Å². The summed E-state index contributed by atoms with van der Waals surface area (Å²) < 4.78 is 18.4. The molecule has 14 heavy (non-hydrogen) atoms. The van der Waals surface area contributed by atoms with Gasteiger partial charge in [0.25, 0.3) is 0 Å². The molecule has 3 heteroatoms. The number of hydrogen-bond acceptors (Lipinski definition) is 2. The second-order valence-electron chi connectivity index (χ2n) is 3.51. The summed E-state index contributed by atoms with van der Waals surface area (Å²) in [6, 6.07) is 5.33. The molecule has 1 aromatic carbocycles. The summed E-state index contributed by atoms with van der Waals surface area (Å²) in [4.78, 5) is 0. The molecule has 2 nitrogen and oxygen atoms in total. The number of hydrogen-bond donors (Lipinski definition) is 1. The molecule has 76 valence electrons. The fourth-order valence-corrected chi connectivity index (χ4v) is 1.97. The first-order chi connectivity index (χ1) is 6.83. The smallest absolute Gasteiger partial charge is 0.165 e. The van der Waals surface area contributed by atoms with Gasteiger partial charge in [0, 0.05) is 11.6 Å². The molecule has 0 bridgehead atoms. The topological polar surface area (TPSA) is 21.3 Å². The Hall–Kier alpha value is -1.09. The van der Waals surface area contributed by atoms with Gasteiger partial charge >= 0.3 is 0 Å². The highest BCUT2D eigenvalue weighted by molar-refractivity contribution is 5.37. The van der Waals surface area contributed by atoms with E-state index in [1.807, 2.05) is 6.07 Å². The van der Waals surface area contributed by atoms with Gasteiger partial charge in [0.05, 0.1) is 7.11 Å². The maximum absolute atomic E-state index is 13.4. The van der Waals surface area contributed by atoms with Crippen molar-refractivity contribution in [3.63, 3.8) is 0 Å². The van der Waals surface area contributed by atoms with Crippen LogP contribution < -0.4 is 10.1 Å². The zero-order valence-electron chi connectivity index (χ0n) is 8.22. The van der Waals surface area contributed by atoms with Gasteiger partial charge in [0.1, 0.15) is 0 Å². The summed E-state index contributed by atoms with van der Waals surface area (Å²) in [6.07, 6.45) is 2.20. The number of halogens is 1. The van der Waals surface area contributed by atoms with E-state index in [2.05, 4.69) is 5.32 Å². The van der Waals surface area contributed by atoms with E-state index in [4.69, 9.17) is 4.74 Å². The molecule has 1 aromatic rings. The van der Waals surface area contributed by atoms with Crippen molar-refractivity contribution < 1.29 is 9.13 Å². The summed E-state index contributed by atoms with van der Waals surface area (Å²) >= 11 is 0. The number of nitrogens with one attached hydrogen (secondary N) is 1. The van der Waals surface area contributed by atoms with E-state index < -0.39 is 0 Å². The molecular formula is C11H14FNO. The Balaban J connectivity index is 2.35. The van der Waals surface area contributed by atoms with Crippen LogP contribution in [0.3, 0.4) is 0 Å². The Morgan fingerprint density at radius 2 is 2.36 bits per heavy atom. The fraction of sp³-hybridized carbons (Fsp3) is 0.455. The molecule has 2 rings (SSSR count). The van der Waals surface area contributed by atoms with E-state index in [-0.39, 0.29) is 11.9 Å². The lowest BCUT2D eigenvalue weighted by atomic mass is 10.0. The van der Waals surface area contributed by atoms with Crippen molar-refractivity contribution in [2.45, 2.75) is 18.9 Å². The molecule has 0 aromatic heterocycles. The number of benzene rings is 1. The maximum atomic E-state index is 13.4. The average molecular weight is 195 g/mol. The Kier molecular flexibility index (Phi) is 2.68. The SMILES string of the molecule is COc1c(F)cccc1C1CCCN1. The molecule has 1 unspecified atom stereocenters. The lowest BCUT2D eigenvalue weighted by Gasteiger charge is -2.15. The van der Waals surface area contributed by atoms with E-state index in [9.17, 15) is 4.39 Å². The van der Waals surface area contributed by atoms with Gasteiger partial charge in [0.2, 0.25) is 0 Å².